The van der Waals surface area contributed by atoms with E-state index < -0.39 is 29.7 Å². The zero-order valence-electron chi connectivity index (χ0n) is 14.0. The Balaban J connectivity index is 2.98. The van der Waals surface area contributed by atoms with Crippen LogP contribution in [-0.4, -0.2) is 34.6 Å². The molecule has 0 radical (unpaired) electrons. The highest BCUT2D eigenvalue weighted by molar-refractivity contribution is 6.23. The molecule has 24 heavy (non-hydrogen) atoms. The molecule has 1 rings (SSSR count). The van der Waals surface area contributed by atoms with E-state index in [-0.39, 0.29) is 35.4 Å². The van der Waals surface area contributed by atoms with Gasteiger partial charge in [-0.2, -0.15) is 0 Å². The molecule has 1 aliphatic heterocycles. The van der Waals surface area contributed by atoms with Gasteiger partial charge in [0.25, 0.3) is 11.8 Å². The molecule has 0 aromatic carbocycles. The fraction of sp³-hybridized carbons (Fsp3) is 0.375. The van der Waals surface area contributed by atoms with Crippen LogP contribution in [0.25, 0.3) is 0 Å². The molecule has 4 amide bonds. The lowest BCUT2D eigenvalue weighted by molar-refractivity contribution is -0.141. The summed E-state index contributed by atoms with van der Waals surface area (Å²) in [5.41, 5.74) is 11.5. The predicted octanol–water partition coefficient (Wildman–Crippen LogP) is -0.182. The van der Waals surface area contributed by atoms with Crippen molar-refractivity contribution in [3.63, 3.8) is 0 Å². The SMILES string of the molecule is C=C(N)C1=C(/C(N)=C\C)C(=O)N(C(C)CCC(=O)NC(C)=O)C1=O. The zero-order chi connectivity index (χ0) is 18.6. The molecule has 8 heteroatoms. The lowest BCUT2D eigenvalue weighted by atomic mass is 10.1. The summed E-state index contributed by atoms with van der Waals surface area (Å²) in [5, 5.41) is 2.13. The van der Waals surface area contributed by atoms with E-state index in [9.17, 15) is 19.2 Å². The summed E-state index contributed by atoms with van der Waals surface area (Å²) in [6.07, 6.45) is 1.69. The first kappa shape index (κ1) is 19.1. The minimum atomic E-state index is -0.591. The highest BCUT2D eigenvalue weighted by Gasteiger charge is 2.42. The molecule has 0 aromatic rings. The van der Waals surface area contributed by atoms with Crippen molar-refractivity contribution in [1.29, 1.82) is 0 Å². The second-order valence-electron chi connectivity index (χ2n) is 5.49. The van der Waals surface area contributed by atoms with Crippen molar-refractivity contribution in [2.45, 2.75) is 39.7 Å². The summed E-state index contributed by atoms with van der Waals surface area (Å²) in [5.74, 6) is -2.10. The summed E-state index contributed by atoms with van der Waals surface area (Å²) >= 11 is 0. The Morgan fingerprint density at radius 3 is 2.25 bits per heavy atom. The first-order chi connectivity index (χ1) is 11.1. The summed E-state index contributed by atoms with van der Waals surface area (Å²) in [7, 11) is 0. The normalized spacial score (nSPS) is 16.5. The number of hydrogen-bond acceptors (Lipinski definition) is 6. The van der Waals surface area contributed by atoms with Gasteiger partial charge in [-0.3, -0.25) is 29.4 Å². The number of hydrogen-bond donors (Lipinski definition) is 3. The standard InChI is InChI=1S/C16H22N4O4/c1-5-11(18)14-13(9(3)17)15(23)20(16(14)24)8(2)6-7-12(22)19-10(4)21/h5,8H,3,6-7,17-18H2,1-2,4H3,(H,19,21,22)/b11-5+. The number of imide groups is 2. The van der Waals surface area contributed by atoms with Crippen LogP contribution in [0.5, 0.6) is 0 Å². The lowest BCUT2D eigenvalue weighted by Gasteiger charge is -2.23. The smallest absolute Gasteiger partial charge is 0.263 e. The van der Waals surface area contributed by atoms with Gasteiger partial charge < -0.3 is 11.5 Å². The summed E-state index contributed by atoms with van der Waals surface area (Å²) in [4.78, 5) is 48.5. The van der Waals surface area contributed by atoms with Gasteiger partial charge in [0.1, 0.15) is 0 Å². The number of rotatable bonds is 6. The third-order valence-corrected chi connectivity index (χ3v) is 3.58. The van der Waals surface area contributed by atoms with E-state index in [1.54, 1.807) is 13.8 Å². The van der Waals surface area contributed by atoms with Gasteiger partial charge in [0.2, 0.25) is 11.8 Å². The van der Waals surface area contributed by atoms with E-state index in [4.69, 9.17) is 11.5 Å². The molecule has 0 aliphatic carbocycles. The molecule has 5 N–H and O–H groups in total. The molecule has 1 atom stereocenters. The molecule has 1 heterocycles. The second kappa shape index (κ2) is 7.58. The summed E-state index contributed by atoms with van der Waals surface area (Å²) in [6, 6.07) is -0.570. The van der Waals surface area contributed by atoms with E-state index in [1.165, 1.54) is 13.0 Å². The fourth-order valence-corrected chi connectivity index (χ4v) is 2.39. The predicted molar refractivity (Wildman–Crippen MR) is 87.7 cm³/mol. The second-order valence-corrected chi connectivity index (χ2v) is 5.49. The van der Waals surface area contributed by atoms with Crippen LogP contribution in [-0.2, 0) is 19.2 Å². The maximum atomic E-state index is 12.6. The van der Waals surface area contributed by atoms with Gasteiger partial charge in [-0.25, -0.2) is 0 Å². The van der Waals surface area contributed by atoms with Gasteiger partial charge >= 0.3 is 0 Å². The Labute approximate surface area is 140 Å². The highest BCUT2D eigenvalue weighted by Crippen LogP contribution is 2.29. The summed E-state index contributed by atoms with van der Waals surface area (Å²) in [6.45, 7) is 8.01. The van der Waals surface area contributed by atoms with Crippen LogP contribution < -0.4 is 16.8 Å². The Bertz CT molecular complexity index is 676. The molecule has 0 fully saturated rings. The van der Waals surface area contributed by atoms with E-state index in [2.05, 4.69) is 11.9 Å². The van der Waals surface area contributed by atoms with Crippen molar-refractivity contribution in [3.05, 3.63) is 35.2 Å². The fourth-order valence-electron chi connectivity index (χ4n) is 2.39. The van der Waals surface area contributed by atoms with Gasteiger partial charge in [0, 0.05) is 30.8 Å². The van der Waals surface area contributed by atoms with Crippen molar-refractivity contribution in [2.24, 2.45) is 11.5 Å². The van der Waals surface area contributed by atoms with Gasteiger partial charge in [-0.1, -0.05) is 12.7 Å². The zero-order valence-corrected chi connectivity index (χ0v) is 14.0. The van der Waals surface area contributed by atoms with Crippen LogP contribution >= 0.6 is 0 Å². The average Bonchev–Trinajstić information content (AvgIpc) is 2.74. The lowest BCUT2D eigenvalue weighted by Crippen LogP contribution is -2.41. The monoisotopic (exact) mass is 334 g/mol. The third-order valence-electron chi connectivity index (χ3n) is 3.58. The van der Waals surface area contributed by atoms with Crippen LogP contribution in [0.2, 0.25) is 0 Å². The minimum Gasteiger partial charge on any atom is -0.399 e. The van der Waals surface area contributed by atoms with Gasteiger partial charge in [-0.15, -0.1) is 0 Å². The first-order valence-electron chi connectivity index (χ1n) is 7.41. The molecule has 0 saturated carbocycles. The van der Waals surface area contributed by atoms with E-state index in [1.807, 2.05) is 0 Å². The van der Waals surface area contributed by atoms with Crippen LogP contribution in [0.15, 0.2) is 35.2 Å². The number of carbonyl (C=O) groups excluding carboxylic acids is 4. The third kappa shape index (κ3) is 3.89. The van der Waals surface area contributed by atoms with E-state index in [0.29, 0.717) is 0 Å². The number of allylic oxidation sites excluding steroid dienone is 1. The molecule has 1 unspecified atom stereocenters. The Hall–Kier alpha value is -2.90. The molecular formula is C16H22N4O4. The maximum Gasteiger partial charge on any atom is 0.263 e. The highest BCUT2D eigenvalue weighted by atomic mass is 16.2. The van der Waals surface area contributed by atoms with Crippen LogP contribution in [0, 0.1) is 0 Å². The number of carbonyl (C=O) groups is 4. The van der Waals surface area contributed by atoms with Gasteiger partial charge in [0.15, 0.2) is 0 Å². The number of amides is 4. The van der Waals surface area contributed by atoms with Crippen molar-refractivity contribution in [2.75, 3.05) is 0 Å². The summed E-state index contributed by atoms with van der Waals surface area (Å²) < 4.78 is 0. The van der Waals surface area contributed by atoms with E-state index in [0.717, 1.165) is 4.90 Å². The number of nitrogens with one attached hydrogen (secondary N) is 1. The van der Waals surface area contributed by atoms with Crippen molar-refractivity contribution in [1.82, 2.24) is 10.2 Å². The quantitative estimate of drug-likeness (QED) is 0.576. The topological polar surface area (TPSA) is 136 Å². The Morgan fingerprint density at radius 1 is 1.25 bits per heavy atom. The van der Waals surface area contributed by atoms with E-state index >= 15 is 0 Å². The van der Waals surface area contributed by atoms with Gasteiger partial charge in [-0.05, 0) is 20.3 Å². The van der Waals surface area contributed by atoms with Crippen LogP contribution in [0.3, 0.4) is 0 Å². The molecule has 130 valence electrons. The van der Waals surface area contributed by atoms with Crippen molar-refractivity contribution < 1.29 is 19.2 Å². The van der Waals surface area contributed by atoms with Crippen molar-refractivity contribution >= 4 is 23.6 Å². The Kier molecular flexibility index (Phi) is 6.05. The largest absolute Gasteiger partial charge is 0.399 e. The van der Waals surface area contributed by atoms with Gasteiger partial charge in [0.05, 0.1) is 11.1 Å². The average molecular weight is 334 g/mol. The van der Waals surface area contributed by atoms with Crippen LogP contribution in [0.4, 0.5) is 0 Å². The number of nitrogens with two attached hydrogens (primary N) is 2. The molecule has 0 aromatic heterocycles. The number of nitrogens with zero attached hydrogens (tertiary/aromatic N) is 1. The molecular weight excluding hydrogens is 312 g/mol. The minimum absolute atomic E-state index is 0.00879. The first-order valence-corrected chi connectivity index (χ1v) is 7.41. The molecule has 8 nitrogen and oxygen atoms in total. The van der Waals surface area contributed by atoms with Crippen LogP contribution in [0.1, 0.15) is 33.6 Å². The molecule has 1 aliphatic rings. The molecule has 0 spiro atoms. The maximum absolute atomic E-state index is 12.6. The molecule has 0 bridgehead atoms. The molecule has 0 saturated heterocycles. The Morgan fingerprint density at radius 2 is 1.79 bits per heavy atom. The van der Waals surface area contributed by atoms with Crippen molar-refractivity contribution in [3.8, 4) is 0 Å².